The molecule has 0 atom stereocenters. The lowest BCUT2D eigenvalue weighted by atomic mass is 10.1. The third-order valence-corrected chi connectivity index (χ3v) is 7.14. The predicted octanol–water partition coefficient (Wildman–Crippen LogP) is 4.81. The number of alkyl halides is 1. The van der Waals surface area contributed by atoms with E-state index in [1.54, 1.807) is 21.3 Å². The maximum absolute atomic E-state index is 5.41. The smallest absolute Gasteiger partial charge is 0.377 e. The van der Waals surface area contributed by atoms with Crippen LogP contribution >= 0.6 is 22.6 Å². The first-order chi connectivity index (χ1) is 9.24. The molecule has 0 fully saturated rings. The lowest BCUT2D eigenvalue weighted by Crippen LogP contribution is -2.42. The van der Waals surface area contributed by atoms with Gasteiger partial charge in [0.2, 0.25) is 0 Å². The quantitative estimate of drug-likeness (QED) is 0.181. The molecule has 19 heavy (non-hydrogen) atoms. The summed E-state index contributed by atoms with van der Waals surface area (Å²) in [7, 11) is 2.76. The summed E-state index contributed by atoms with van der Waals surface area (Å²) in [6.45, 7) is 0. The van der Waals surface area contributed by atoms with Crippen LogP contribution in [0.3, 0.4) is 0 Å². The Morgan fingerprint density at radius 3 is 1.37 bits per heavy atom. The summed E-state index contributed by atoms with van der Waals surface area (Å²) >= 11 is 2.46. The van der Waals surface area contributed by atoms with Gasteiger partial charge in [-0.3, -0.25) is 0 Å². The molecule has 0 aromatic heterocycles. The van der Waals surface area contributed by atoms with Crippen molar-refractivity contribution in [1.82, 2.24) is 0 Å². The first-order valence-corrected chi connectivity index (χ1v) is 10.9. The summed E-state index contributed by atoms with van der Waals surface area (Å²) < 4.78 is 17.5. The second kappa shape index (κ2) is 13.8. The summed E-state index contributed by atoms with van der Waals surface area (Å²) in [5.74, 6) is 0. The highest BCUT2D eigenvalue weighted by atomic mass is 127. The molecule has 0 saturated carbocycles. The van der Waals surface area contributed by atoms with Crippen molar-refractivity contribution < 1.29 is 13.3 Å². The lowest BCUT2D eigenvalue weighted by Gasteiger charge is -2.24. The van der Waals surface area contributed by atoms with Crippen LogP contribution in [0, 0.1) is 0 Å². The number of hydrogen-bond donors (Lipinski definition) is 0. The Kier molecular flexibility index (Phi) is 14.4. The minimum Gasteiger partial charge on any atom is -0.377 e. The van der Waals surface area contributed by atoms with Crippen molar-refractivity contribution in [1.29, 1.82) is 0 Å². The van der Waals surface area contributed by atoms with Crippen LogP contribution in [0.1, 0.15) is 57.8 Å². The van der Waals surface area contributed by atoms with Crippen molar-refractivity contribution in [2.45, 2.75) is 63.8 Å². The highest BCUT2D eigenvalue weighted by Crippen LogP contribution is 2.18. The van der Waals surface area contributed by atoms with Crippen LogP contribution in [0.4, 0.5) is 0 Å². The SMILES string of the molecule is CO[Si](CCCCCCCCCCCI)(OC)OC. The van der Waals surface area contributed by atoms with Gasteiger partial charge in [-0.2, -0.15) is 0 Å². The van der Waals surface area contributed by atoms with Gasteiger partial charge in [0, 0.05) is 27.4 Å². The van der Waals surface area contributed by atoms with Gasteiger partial charge in [-0.15, -0.1) is 0 Å². The van der Waals surface area contributed by atoms with Gasteiger partial charge in [-0.05, 0) is 17.3 Å². The van der Waals surface area contributed by atoms with E-state index in [2.05, 4.69) is 22.6 Å². The molecule has 0 aliphatic heterocycles. The Hall–Kier alpha value is 0.827. The average Bonchev–Trinajstić information content (AvgIpc) is 2.46. The van der Waals surface area contributed by atoms with E-state index < -0.39 is 8.80 Å². The zero-order chi connectivity index (χ0) is 14.4. The molecule has 0 radical (unpaired) electrons. The lowest BCUT2D eigenvalue weighted by molar-refractivity contribution is 0.122. The van der Waals surface area contributed by atoms with Gasteiger partial charge in [0.1, 0.15) is 0 Å². The van der Waals surface area contributed by atoms with Gasteiger partial charge >= 0.3 is 8.80 Å². The van der Waals surface area contributed by atoms with Crippen LogP contribution in [-0.4, -0.2) is 34.6 Å². The van der Waals surface area contributed by atoms with Gasteiger partial charge in [0.05, 0.1) is 0 Å². The predicted molar refractivity (Wildman–Crippen MR) is 92.0 cm³/mol. The molecule has 0 aromatic carbocycles. The zero-order valence-corrected chi connectivity index (χ0v) is 16.0. The number of halogens is 1. The molecule has 0 aliphatic carbocycles. The minimum atomic E-state index is -2.31. The van der Waals surface area contributed by atoms with Crippen LogP contribution < -0.4 is 0 Å². The van der Waals surface area contributed by atoms with Gasteiger partial charge in [0.25, 0.3) is 0 Å². The van der Waals surface area contributed by atoms with E-state index in [1.807, 2.05) is 0 Å². The largest absolute Gasteiger partial charge is 0.500 e. The van der Waals surface area contributed by atoms with E-state index in [-0.39, 0.29) is 0 Å². The highest BCUT2D eigenvalue weighted by molar-refractivity contribution is 14.1. The van der Waals surface area contributed by atoms with Crippen molar-refractivity contribution >= 4 is 31.4 Å². The zero-order valence-electron chi connectivity index (χ0n) is 12.9. The Bertz CT molecular complexity index is 181. The fourth-order valence-electron chi connectivity index (χ4n) is 2.23. The second-order valence-electron chi connectivity index (χ2n) is 4.92. The van der Waals surface area contributed by atoms with Crippen LogP contribution in [0.2, 0.25) is 6.04 Å². The monoisotopic (exact) mass is 402 g/mol. The third kappa shape index (κ3) is 10.2. The Morgan fingerprint density at radius 1 is 0.632 bits per heavy atom. The Balaban J connectivity index is 3.35. The van der Waals surface area contributed by atoms with E-state index in [1.165, 1.54) is 55.8 Å². The molecule has 0 unspecified atom stereocenters. The molecule has 0 aromatic rings. The number of unbranched alkanes of at least 4 members (excludes halogenated alkanes) is 8. The van der Waals surface area contributed by atoms with Gasteiger partial charge in [-0.25, -0.2) is 0 Å². The molecule has 116 valence electrons. The maximum atomic E-state index is 5.41. The molecule has 3 nitrogen and oxygen atoms in total. The van der Waals surface area contributed by atoms with Crippen molar-refractivity contribution in [3.63, 3.8) is 0 Å². The molecule has 0 saturated heterocycles. The van der Waals surface area contributed by atoms with Crippen LogP contribution in [0.15, 0.2) is 0 Å². The average molecular weight is 402 g/mol. The van der Waals surface area contributed by atoms with Crippen LogP contribution in [0.5, 0.6) is 0 Å². The molecule has 0 amide bonds. The van der Waals surface area contributed by atoms with Crippen molar-refractivity contribution in [3.8, 4) is 0 Å². The first kappa shape index (κ1) is 19.8. The molecule has 0 heterocycles. The van der Waals surface area contributed by atoms with Gasteiger partial charge < -0.3 is 13.3 Å². The standard InChI is InChI=1S/C14H31IO3Si/c1-16-19(17-2,18-3)14-12-10-8-6-4-5-7-9-11-13-15/h4-14H2,1-3H3. The number of hydrogen-bond acceptors (Lipinski definition) is 3. The molecule has 0 aliphatic rings. The first-order valence-electron chi connectivity index (χ1n) is 7.46. The minimum absolute atomic E-state index is 0.937. The number of rotatable bonds is 14. The van der Waals surface area contributed by atoms with E-state index in [0.717, 1.165) is 12.5 Å². The topological polar surface area (TPSA) is 27.7 Å². The summed E-state index contributed by atoms with van der Waals surface area (Å²) in [5, 5.41) is 0. The maximum Gasteiger partial charge on any atom is 0.500 e. The van der Waals surface area contributed by atoms with E-state index in [4.69, 9.17) is 13.3 Å². The molecule has 0 N–H and O–H groups in total. The normalized spacial score (nSPS) is 12.0. The molecule has 0 bridgehead atoms. The summed E-state index contributed by atoms with van der Waals surface area (Å²) in [5.41, 5.74) is 0. The van der Waals surface area contributed by atoms with E-state index in [9.17, 15) is 0 Å². The molecule has 5 heteroatoms. The fraction of sp³-hybridized carbons (Fsp3) is 1.00. The molecular formula is C14H31IO3Si. The highest BCUT2D eigenvalue weighted by Gasteiger charge is 2.36. The van der Waals surface area contributed by atoms with E-state index >= 15 is 0 Å². The van der Waals surface area contributed by atoms with Crippen LogP contribution in [-0.2, 0) is 13.3 Å². The Labute approximate surface area is 134 Å². The van der Waals surface area contributed by atoms with Gasteiger partial charge in [0.15, 0.2) is 0 Å². The van der Waals surface area contributed by atoms with Crippen molar-refractivity contribution in [2.24, 2.45) is 0 Å². The summed E-state index contributed by atoms with van der Waals surface area (Å²) in [6, 6.07) is 0.937. The third-order valence-electron chi connectivity index (χ3n) is 3.55. The molecular weight excluding hydrogens is 371 g/mol. The van der Waals surface area contributed by atoms with Crippen LogP contribution in [0.25, 0.3) is 0 Å². The fourth-order valence-corrected chi connectivity index (χ4v) is 4.56. The Morgan fingerprint density at radius 2 is 1.00 bits per heavy atom. The van der Waals surface area contributed by atoms with Crippen molar-refractivity contribution in [2.75, 3.05) is 25.8 Å². The second-order valence-corrected chi connectivity index (χ2v) is 9.09. The summed E-state index contributed by atoms with van der Waals surface area (Å²) in [4.78, 5) is 0. The molecule has 0 rings (SSSR count). The van der Waals surface area contributed by atoms with E-state index in [0.29, 0.717) is 0 Å². The van der Waals surface area contributed by atoms with Crippen molar-refractivity contribution in [3.05, 3.63) is 0 Å². The molecule has 0 spiro atoms. The summed E-state index contributed by atoms with van der Waals surface area (Å²) in [6.07, 6.45) is 12.1. The van der Waals surface area contributed by atoms with Gasteiger partial charge in [-0.1, -0.05) is 67.5 Å².